The van der Waals surface area contributed by atoms with Gasteiger partial charge in [0.15, 0.2) is 0 Å². The Morgan fingerprint density at radius 1 is 1.45 bits per heavy atom. The third kappa shape index (κ3) is 3.11. The first-order valence-corrected chi connectivity index (χ1v) is 7.02. The Morgan fingerprint density at radius 3 is 2.85 bits per heavy atom. The van der Waals surface area contributed by atoms with E-state index < -0.39 is 17.9 Å². The maximum atomic E-state index is 11.9. The van der Waals surface area contributed by atoms with Crippen molar-refractivity contribution in [2.45, 2.75) is 17.9 Å². The van der Waals surface area contributed by atoms with Crippen LogP contribution in [-0.4, -0.2) is 41.2 Å². The van der Waals surface area contributed by atoms with E-state index in [9.17, 15) is 14.4 Å². The first-order chi connectivity index (χ1) is 9.49. The van der Waals surface area contributed by atoms with Crippen molar-refractivity contribution in [3.63, 3.8) is 0 Å². The molecule has 20 heavy (non-hydrogen) atoms. The maximum Gasteiger partial charge on any atom is 0.325 e. The highest BCUT2D eigenvalue weighted by molar-refractivity contribution is 8.00. The predicted octanol–water partition coefficient (Wildman–Crippen LogP) is 0.715. The minimum Gasteiger partial charge on any atom is -0.480 e. The fourth-order valence-electron chi connectivity index (χ4n) is 1.82. The van der Waals surface area contributed by atoms with Crippen LogP contribution in [0.2, 0.25) is 0 Å². The highest BCUT2D eigenvalue weighted by atomic mass is 32.2. The fourth-order valence-corrected chi connectivity index (χ4v) is 2.76. The number of nitrogens with zero attached hydrogens (tertiary/aromatic N) is 1. The zero-order valence-electron chi connectivity index (χ0n) is 10.8. The number of fused-ring (bicyclic) bond motifs is 1. The molecule has 1 atom stereocenters. The molecule has 2 rings (SSSR count). The lowest BCUT2D eigenvalue weighted by Crippen LogP contribution is -2.47. The molecule has 1 aromatic rings. The van der Waals surface area contributed by atoms with E-state index >= 15 is 0 Å². The molecule has 1 heterocycles. The summed E-state index contributed by atoms with van der Waals surface area (Å²) in [6.07, 6.45) is 0. The summed E-state index contributed by atoms with van der Waals surface area (Å²) in [5, 5.41) is 11.1. The summed E-state index contributed by atoms with van der Waals surface area (Å²) in [6.45, 7) is 1.20. The Hall–Kier alpha value is -2.02. The monoisotopic (exact) mass is 294 g/mol. The summed E-state index contributed by atoms with van der Waals surface area (Å²) in [5.41, 5.74) is 0.687. The van der Waals surface area contributed by atoms with Crippen LogP contribution < -0.4 is 10.2 Å². The van der Waals surface area contributed by atoms with Crippen molar-refractivity contribution < 1.29 is 19.5 Å². The van der Waals surface area contributed by atoms with Crippen LogP contribution in [0.3, 0.4) is 0 Å². The molecule has 0 aliphatic carbocycles. The lowest BCUT2D eigenvalue weighted by atomic mass is 10.2. The van der Waals surface area contributed by atoms with Crippen LogP contribution in [0.4, 0.5) is 5.69 Å². The molecular formula is C13H14N2O4S. The van der Waals surface area contributed by atoms with Gasteiger partial charge in [-0.1, -0.05) is 12.1 Å². The Morgan fingerprint density at radius 2 is 2.15 bits per heavy atom. The van der Waals surface area contributed by atoms with Gasteiger partial charge in [0.2, 0.25) is 11.8 Å². The predicted molar refractivity (Wildman–Crippen MR) is 74.8 cm³/mol. The van der Waals surface area contributed by atoms with Gasteiger partial charge in [-0.25, -0.2) is 0 Å². The summed E-state index contributed by atoms with van der Waals surface area (Å²) in [5.74, 6) is -1.49. The molecule has 0 aromatic heterocycles. The van der Waals surface area contributed by atoms with Crippen molar-refractivity contribution in [2.75, 3.05) is 17.2 Å². The molecule has 2 amide bonds. The number of rotatable bonds is 4. The van der Waals surface area contributed by atoms with Gasteiger partial charge in [-0.3, -0.25) is 14.4 Å². The number of aliphatic carboxylic acids is 1. The van der Waals surface area contributed by atoms with Gasteiger partial charge in [0, 0.05) is 4.90 Å². The zero-order chi connectivity index (χ0) is 14.7. The molecule has 0 saturated heterocycles. The van der Waals surface area contributed by atoms with Crippen LogP contribution >= 0.6 is 11.8 Å². The van der Waals surface area contributed by atoms with Crippen molar-refractivity contribution in [2.24, 2.45) is 0 Å². The quantitative estimate of drug-likeness (QED) is 0.854. The van der Waals surface area contributed by atoms with E-state index in [0.29, 0.717) is 5.69 Å². The smallest absolute Gasteiger partial charge is 0.325 e. The van der Waals surface area contributed by atoms with E-state index in [0.717, 1.165) is 4.90 Å². The van der Waals surface area contributed by atoms with E-state index in [1.807, 2.05) is 12.1 Å². The highest BCUT2D eigenvalue weighted by Crippen LogP contribution is 2.34. The lowest BCUT2D eigenvalue weighted by molar-refractivity contribution is -0.141. The highest BCUT2D eigenvalue weighted by Gasteiger charge is 2.27. The van der Waals surface area contributed by atoms with Crippen LogP contribution in [0.25, 0.3) is 0 Å². The van der Waals surface area contributed by atoms with Gasteiger partial charge in [0.05, 0.1) is 11.4 Å². The second-order valence-electron chi connectivity index (χ2n) is 4.36. The SMILES string of the molecule is C[C@H](NC(=O)CN1C(=O)CSc2ccccc21)C(=O)O. The molecule has 0 fully saturated rings. The van der Waals surface area contributed by atoms with E-state index in [1.165, 1.54) is 23.6 Å². The molecule has 0 saturated carbocycles. The molecule has 106 valence electrons. The first kappa shape index (κ1) is 14.4. The number of nitrogens with one attached hydrogen (secondary N) is 1. The van der Waals surface area contributed by atoms with Crippen molar-refractivity contribution in [3.8, 4) is 0 Å². The van der Waals surface area contributed by atoms with E-state index in [4.69, 9.17) is 5.11 Å². The molecule has 0 spiro atoms. The Labute approximate surface area is 120 Å². The minimum atomic E-state index is -1.11. The van der Waals surface area contributed by atoms with Gasteiger partial charge in [-0.2, -0.15) is 0 Å². The van der Waals surface area contributed by atoms with Crippen LogP contribution in [0.15, 0.2) is 29.2 Å². The molecule has 0 bridgehead atoms. The number of anilines is 1. The molecule has 0 radical (unpaired) electrons. The van der Waals surface area contributed by atoms with Crippen molar-refractivity contribution in [3.05, 3.63) is 24.3 Å². The standard InChI is InChI=1S/C13H14N2O4S/c1-8(13(18)19)14-11(16)6-15-9-4-2-3-5-10(9)20-7-12(15)17/h2-5,8H,6-7H2,1H3,(H,14,16)(H,18,19)/t8-/m0/s1. The maximum absolute atomic E-state index is 11.9. The molecule has 1 aliphatic rings. The van der Waals surface area contributed by atoms with E-state index in [-0.39, 0.29) is 18.2 Å². The number of carboxylic acid groups (broad SMARTS) is 1. The number of hydrogen-bond acceptors (Lipinski definition) is 4. The van der Waals surface area contributed by atoms with Gasteiger partial charge in [0.1, 0.15) is 12.6 Å². The van der Waals surface area contributed by atoms with Crippen molar-refractivity contribution >= 4 is 35.2 Å². The molecule has 6 nitrogen and oxygen atoms in total. The third-order valence-electron chi connectivity index (χ3n) is 2.86. The van der Waals surface area contributed by atoms with Gasteiger partial charge >= 0.3 is 5.97 Å². The number of thioether (sulfide) groups is 1. The summed E-state index contributed by atoms with van der Waals surface area (Å²) in [4.78, 5) is 36.7. The van der Waals surface area contributed by atoms with Crippen LogP contribution in [0.1, 0.15) is 6.92 Å². The molecular weight excluding hydrogens is 280 g/mol. The van der Waals surface area contributed by atoms with E-state index in [1.54, 1.807) is 12.1 Å². The van der Waals surface area contributed by atoms with Crippen LogP contribution in [-0.2, 0) is 14.4 Å². The van der Waals surface area contributed by atoms with Gasteiger partial charge in [-0.05, 0) is 19.1 Å². The van der Waals surface area contributed by atoms with Gasteiger partial charge < -0.3 is 15.3 Å². The van der Waals surface area contributed by atoms with E-state index in [2.05, 4.69) is 5.32 Å². The number of para-hydroxylation sites is 1. The number of benzene rings is 1. The number of carbonyl (C=O) groups is 3. The molecule has 2 N–H and O–H groups in total. The Bertz CT molecular complexity index is 561. The van der Waals surface area contributed by atoms with Crippen molar-refractivity contribution in [1.82, 2.24) is 5.32 Å². The lowest BCUT2D eigenvalue weighted by Gasteiger charge is -2.28. The summed E-state index contributed by atoms with van der Waals surface area (Å²) >= 11 is 1.43. The topological polar surface area (TPSA) is 86.7 Å². The first-order valence-electron chi connectivity index (χ1n) is 6.03. The second kappa shape index (κ2) is 5.96. The van der Waals surface area contributed by atoms with Gasteiger partial charge in [0.25, 0.3) is 0 Å². The average Bonchev–Trinajstić information content (AvgIpc) is 2.42. The molecule has 1 aliphatic heterocycles. The molecule has 0 unspecified atom stereocenters. The number of carbonyl (C=O) groups excluding carboxylic acids is 2. The van der Waals surface area contributed by atoms with Crippen molar-refractivity contribution in [1.29, 1.82) is 0 Å². The van der Waals surface area contributed by atoms with Crippen LogP contribution in [0.5, 0.6) is 0 Å². The molecule has 1 aromatic carbocycles. The fraction of sp³-hybridized carbons (Fsp3) is 0.308. The normalized spacial score (nSPS) is 15.4. The number of carboxylic acids is 1. The number of hydrogen-bond donors (Lipinski definition) is 2. The summed E-state index contributed by atoms with van der Waals surface area (Å²) < 4.78 is 0. The average molecular weight is 294 g/mol. The Balaban J connectivity index is 2.11. The Kier molecular flexibility index (Phi) is 4.29. The zero-order valence-corrected chi connectivity index (χ0v) is 11.6. The molecule has 7 heteroatoms. The third-order valence-corrected chi connectivity index (χ3v) is 3.91. The minimum absolute atomic E-state index is 0.160. The summed E-state index contributed by atoms with van der Waals surface area (Å²) in [6, 6.07) is 6.34. The largest absolute Gasteiger partial charge is 0.480 e. The second-order valence-corrected chi connectivity index (χ2v) is 5.38. The summed E-state index contributed by atoms with van der Waals surface area (Å²) in [7, 11) is 0. The van der Waals surface area contributed by atoms with Gasteiger partial charge in [-0.15, -0.1) is 11.8 Å². The number of amides is 2. The van der Waals surface area contributed by atoms with Crippen LogP contribution in [0, 0.1) is 0 Å².